The molecule has 0 spiro atoms. The number of benzene rings is 1. The number of nitrogens with one attached hydrogen (secondary N) is 2. The Balaban J connectivity index is 2.51. The molecule has 106 valence electrons. The molecule has 0 fully saturated rings. The molecule has 0 unspecified atom stereocenters. The van der Waals surface area contributed by atoms with E-state index in [9.17, 15) is 9.18 Å². The molecule has 0 saturated carbocycles. The summed E-state index contributed by atoms with van der Waals surface area (Å²) < 4.78 is 11.9. The monoisotopic (exact) mass is 266 g/mol. The van der Waals surface area contributed by atoms with E-state index in [4.69, 9.17) is 0 Å². The molecule has 0 radical (unpaired) electrons. The molecule has 3 nitrogen and oxygen atoms in total. The van der Waals surface area contributed by atoms with Gasteiger partial charge in [0.05, 0.1) is 0 Å². The van der Waals surface area contributed by atoms with Crippen molar-refractivity contribution in [1.82, 2.24) is 10.6 Å². The van der Waals surface area contributed by atoms with Gasteiger partial charge >= 0.3 is 6.03 Å². The second-order valence-corrected chi connectivity index (χ2v) is 5.44. The maximum Gasteiger partial charge on any atom is 0.315 e. The first-order valence-corrected chi connectivity index (χ1v) is 6.61. The molecule has 2 N–H and O–H groups in total. The van der Waals surface area contributed by atoms with E-state index in [1.54, 1.807) is 0 Å². The van der Waals surface area contributed by atoms with Crippen LogP contribution >= 0.6 is 0 Å². The Kier molecular flexibility index (Phi) is 5.80. The van der Waals surface area contributed by atoms with Gasteiger partial charge in [-0.15, -0.1) is 0 Å². The fourth-order valence-electron chi connectivity index (χ4n) is 2.26. The lowest BCUT2D eigenvalue weighted by Gasteiger charge is -2.29. The zero-order valence-electron chi connectivity index (χ0n) is 11.9. The van der Waals surface area contributed by atoms with E-state index >= 15 is 0 Å². The van der Waals surface area contributed by atoms with Crippen LogP contribution in [0.5, 0.6) is 0 Å². The summed E-state index contributed by atoms with van der Waals surface area (Å²) >= 11 is 0. The van der Waals surface area contributed by atoms with Crippen LogP contribution in [0.2, 0.25) is 0 Å². The SMILES string of the molecule is C[C@@H](CC(C)(C)c1ccccc1)NC(=O)NCCF. The Hall–Kier alpha value is -1.58. The molecular weight excluding hydrogens is 243 g/mol. The van der Waals surface area contributed by atoms with Crippen molar-refractivity contribution in [3.8, 4) is 0 Å². The number of alkyl halides is 1. The van der Waals surface area contributed by atoms with Gasteiger partial charge in [0.25, 0.3) is 0 Å². The van der Waals surface area contributed by atoms with E-state index in [0.717, 1.165) is 6.42 Å². The van der Waals surface area contributed by atoms with Crippen LogP contribution in [0.15, 0.2) is 30.3 Å². The molecule has 0 aliphatic heterocycles. The van der Waals surface area contributed by atoms with Gasteiger partial charge in [0, 0.05) is 12.6 Å². The third-order valence-corrected chi connectivity index (χ3v) is 3.13. The summed E-state index contributed by atoms with van der Waals surface area (Å²) in [5.74, 6) is 0. The van der Waals surface area contributed by atoms with Gasteiger partial charge in [-0.2, -0.15) is 0 Å². The first kappa shape index (κ1) is 15.5. The van der Waals surface area contributed by atoms with Crippen LogP contribution in [0.3, 0.4) is 0 Å². The molecule has 0 heterocycles. The van der Waals surface area contributed by atoms with Gasteiger partial charge in [-0.3, -0.25) is 0 Å². The number of hydrogen-bond acceptors (Lipinski definition) is 1. The second-order valence-electron chi connectivity index (χ2n) is 5.44. The third-order valence-electron chi connectivity index (χ3n) is 3.13. The van der Waals surface area contributed by atoms with Gasteiger partial charge in [0.2, 0.25) is 0 Å². The normalized spacial score (nSPS) is 12.8. The molecule has 0 aliphatic carbocycles. The summed E-state index contributed by atoms with van der Waals surface area (Å²) in [6.45, 7) is 5.78. The van der Waals surface area contributed by atoms with E-state index in [1.165, 1.54) is 5.56 Å². The minimum Gasteiger partial charge on any atom is -0.336 e. The van der Waals surface area contributed by atoms with Crippen molar-refractivity contribution in [2.24, 2.45) is 0 Å². The van der Waals surface area contributed by atoms with E-state index in [-0.39, 0.29) is 24.0 Å². The Bertz CT molecular complexity index is 392. The van der Waals surface area contributed by atoms with Crippen molar-refractivity contribution in [2.75, 3.05) is 13.2 Å². The largest absolute Gasteiger partial charge is 0.336 e. The highest BCUT2D eigenvalue weighted by Gasteiger charge is 2.23. The average molecular weight is 266 g/mol. The predicted molar refractivity (Wildman–Crippen MR) is 76.1 cm³/mol. The van der Waals surface area contributed by atoms with E-state index < -0.39 is 6.67 Å². The lowest BCUT2D eigenvalue weighted by atomic mass is 9.79. The summed E-state index contributed by atoms with van der Waals surface area (Å²) in [5, 5.41) is 5.29. The summed E-state index contributed by atoms with van der Waals surface area (Å²) in [6.07, 6.45) is 0.820. The molecule has 0 aliphatic rings. The highest BCUT2D eigenvalue weighted by Crippen LogP contribution is 2.27. The van der Waals surface area contributed by atoms with Crippen molar-refractivity contribution in [3.05, 3.63) is 35.9 Å². The molecule has 2 amide bonds. The molecule has 1 aromatic carbocycles. The Labute approximate surface area is 114 Å². The van der Waals surface area contributed by atoms with Crippen LogP contribution in [0, 0.1) is 0 Å². The number of halogens is 1. The number of carbonyl (C=O) groups is 1. The van der Waals surface area contributed by atoms with Gasteiger partial charge in [-0.05, 0) is 24.3 Å². The van der Waals surface area contributed by atoms with Crippen LogP contribution < -0.4 is 10.6 Å². The van der Waals surface area contributed by atoms with E-state index in [0.29, 0.717) is 0 Å². The molecule has 0 bridgehead atoms. The minimum absolute atomic E-state index is 0.0198. The fourth-order valence-corrected chi connectivity index (χ4v) is 2.26. The molecule has 1 aromatic rings. The summed E-state index contributed by atoms with van der Waals surface area (Å²) in [5.41, 5.74) is 1.22. The molecule has 1 rings (SSSR count). The molecule has 0 aromatic heterocycles. The van der Waals surface area contributed by atoms with Crippen LogP contribution in [0.25, 0.3) is 0 Å². The lowest BCUT2D eigenvalue weighted by molar-refractivity contribution is 0.234. The standard InChI is InChI=1S/C15H23FN2O/c1-12(18-14(19)17-10-9-16)11-15(2,3)13-7-5-4-6-8-13/h4-8,12H,9-11H2,1-3H3,(H2,17,18,19)/t12-/m0/s1. The minimum atomic E-state index is -0.544. The van der Waals surface area contributed by atoms with Crippen molar-refractivity contribution >= 4 is 6.03 Å². The van der Waals surface area contributed by atoms with Crippen molar-refractivity contribution < 1.29 is 9.18 Å². The first-order valence-electron chi connectivity index (χ1n) is 6.61. The predicted octanol–water partition coefficient (Wildman–Crippen LogP) is 3.01. The number of hydrogen-bond donors (Lipinski definition) is 2. The number of urea groups is 1. The zero-order valence-corrected chi connectivity index (χ0v) is 11.9. The Morgan fingerprint density at radius 1 is 1.32 bits per heavy atom. The summed E-state index contributed by atoms with van der Waals surface area (Å²) in [7, 11) is 0. The van der Waals surface area contributed by atoms with Crippen LogP contribution in [-0.2, 0) is 5.41 Å². The van der Waals surface area contributed by atoms with Crippen molar-refractivity contribution in [1.29, 1.82) is 0 Å². The Morgan fingerprint density at radius 2 is 1.95 bits per heavy atom. The van der Waals surface area contributed by atoms with Crippen LogP contribution in [0.4, 0.5) is 9.18 Å². The summed E-state index contributed by atoms with van der Waals surface area (Å²) in [6, 6.07) is 9.92. The lowest BCUT2D eigenvalue weighted by Crippen LogP contribution is -2.43. The first-order chi connectivity index (χ1) is 8.95. The highest BCUT2D eigenvalue weighted by molar-refractivity contribution is 5.74. The number of carbonyl (C=O) groups excluding carboxylic acids is 1. The quantitative estimate of drug-likeness (QED) is 0.816. The molecule has 4 heteroatoms. The van der Waals surface area contributed by atoms with Crippen molar-refractivity contribution in [2.45, 2.75) is 38.6 Å². The van der Waals surface area contributed by atoms with Gasteiger partial charge in [-0.25, -0.2) is 9.18 Å². The third kappa shape index (κ3) is 5.28. The Morgan fingerprint density at radius 3 is 2.53 bits per heavy atom. The smallest absolute Gasteiger partial charge is 0.315 e. The maximum absolute atomic E-state index is 11.9. The van der Waals surface area contributed by atoms with E-state index in [2.05, 4.69) is 36.6 Å². The van der Waals surface area contributed by atoms with Crippen molar-refractivity contribution in [3.63, 3.8) is 0 Å². The summed E-state index contributed by atoms with van der Waals surface area (Å²) in [4.78, 5) is 11.4. The second kappa shape index (κ2) is 7.12. The maximum atomic E-state index is 11.9. The van der Waals surface area contributed by atoms with Crippen LogP contribution in [-0.4, -0.2) is 25.3 Å². The van der Waals surface area contributed by atoms with Gasteiger partial charge < -0.3 is 10.6 Å². The number of rotatable bonds is 6. The molecule has 1 atom stereocenters. The van der Waals surface area contributed by atoms with Crippen LogP contribution in [0.1, 0.15) is 32.8 Å². The fraction of sp³-hybridized carbons (Fsp3) is 0.533. The number of amides is 2. The van der Waals surface area contributed by atoms with E-state index in [1.807, 2.05) is 25.1 Å². The highest BCUT2D eigenvalue weighted by atomic mass is 19.1. The zero-order chi connectivity index (χ0) is 14.3. The average Bonchev–Trinajstić information content (AvgIpc) is 2.36. The molecule has 0 saturated heterocycles. The van der Waals surface area contributed by atoms with Gasteiger partial charge in [-0.1, -0.05) is 44.2 Å². The van der Waals surface area contributed by atoms with Gasteiger partial charge in [0.15, 0.2) is 0 Å². The topological polar surface area (TPSA) is 41.1 Å². The molecule has 19 heavy (non-hydrogen) atoms. The molecular formula is C15H23FN2O. The van der Waals surface area contributed by atoms with Gasteiger partial charge in [0.1, 0.15) is 6.67 Å².